The van der Waals surface area contributed by atoms with Crippen LogP contribution in [0.15, 0.2) is 58.2 Å². The second-order valence-corrected chi connectivity index (χ2v) is 5.81. The second kappa shape index (κ2) is 9.12. The number of hydrogen-bond acceptors (Lipinski definition) is 4. The first-order valence-electron chi connectivity index (χ1n) is 7.25. The number of benzene rings is 2. The van der Waals surface area contributed by atoms with Crippen LogP contribution in [0.4, 0.5) is 14.5 Å². The highest BCUT2D eigenvalue weighted by Crippen LogP contribution is 2.18. The molecule has 1 atom stereocenters. The predicted octanol–water partition coefficient (Wildman–Crippen LogP) is 4.43. The number of carbonyl (C=O) groups excluding carboxylic acids is 1. The Morgan fingerprint density at radius 3 is 2.56 bits per heavy atom. The summed E-state index contributed by atoms with van der Waals surface area (Å²) in [5.74, 6) is -0.423. The summed E-state index contributed by atoms with van der Waals surface area (Å²) >= 11 is 3.30. The number of hydrogen-bond donors (Lipinski definition) is 1. The Morgan fingerprint density at radius 2 is 1.88 bits per heavy atom. The summed E-state index contributed by atoms with van der Waals surface area (Å²) < 4.78 is 29.9. The fourth-order valence-electron chi connectivity index (χ4n) is 1.79. The number of nitrogens with zero attached hydrogens (tertiary/aromatic N) is 1. The van der Waals surface area contributed by atoms with E-state index in [-0.39, 0.29) is 5.75 Å². The molecule has 5 nitrogen and oxygen atoms in total. The molecule has 132 valence electrons. The quantitative estimate of drug-likeness (QED) is 0.540. The molecule has 0 spiro atoms. The summed E-state index contributed by atoms with van der Waals surface area (Å²) in [6.45, 7) is -1.42. The summed E-state index contributed by atoms with van der Waals surface area (Å²) in [5.41, 5.74) is 0.923. The summed E-state index contributed by atoms with van der Waals surface area (Å²) in [6.07, 6.45) is 0.337. The lowest BCUT2D eigenvalue weighted by Gasteiger charge is -2.11. The van der Waals surface area contributed by atoms with Crippen LogP contribution < -0.4 is 10.1 Å². The van der Waals surface area contributed by atoms with Crippen molar-refractivity contribution < 1.29 is 23.1 Å². The van der Waals surface area contributed by atoms with E-state index in [9.17, 15) is 13.6 Å². The lowest BCUT2D eigenvalue weighted by atomic mass is 10.2. The first-order valence-corrected chi connectivity index (χ1v) is 8.04. The fourth-order valence-corrected chi connectivity index (χ4v) is 2.06. The number of alkyl halides is 2. The molecule has 8 heteroatoms. The zero-order valence-electron chi connectivity index (χ0n) is 13.2. The summed E-state index contributed by atoms with van der Waals surface area (Å²) in [7, 11) is 0. The molecule has 0 aliphatic carbocycles. The van der Waals surface area contributed by atoms with Gasteiger partial charge in [-0.15, -0.1) is 0 Å². The largest absolute Gasteiger partial charge is 0.434 e. The van der Waals surface area contributed by atoms with Crippen molar-refractivity contribution in [3.63, 3.8) is 0 Å². The van der Waals surface area contributed by atoms with Crippen molar-refractivity contribution in [1.29, 1.82) is 0 Å². The number of rotatable bonds is 7. The van der Waals surface area contributed by atoms with Gasteiger partial charge in [-0.2, -0.15) is 8.78 Å². The van der Waals surface area contributed by atoms with Crippen LogP contribution in [0.2, 0.25) is 0 Å². The van der Waals surface area contributed by atoms with Gasteiger partial charge in [0.15, 0.2) is 0 Å². The zero-order chi connectivity index (χ0) is 18.2. The van der Waals surface area contributed by atoms with E-state index < -0.39 is 18.6 Å². The Labute approximate surface area is 151 Å². The molecule has 0 heterocycles. The molecule has 0 saturated heterocycles. The maximum absolute atomic E-state index is 12.3. The molecule has 1 unspecified atom stereocenters. The van der Waals surface area contributed by atoms with E-state index in [1.807, 2.05) is 0 Å². The number of amides is 1. The lowest BCUT2D eigenvalue weighted by Crippen LogP contribution is -2.26. The lowest BCUT2D eigenvalue weighted by molar-refractivity contribution is -0.126. The minimum absolute atomic E-state index is 0.0307. The SMILES string of the molecule is CC(O/N=C/c1ccccc1OC(F)F)C(=O)Nc1ccc(Br)cc1. The van der Waals surface area contributed by atoms with Gasteiger partial charge in [-0.3, -0.25) is 4.79 Å². The van der Waals surface area contributed by atoms with Gasteiger partial charge < -0.3 is 14.9 Å². The maximum atomic E-state index is 12.3. The topological polar surface area (TPSA) is 59.9 Å². The smallest absolute Gasteiger partial charge is 0.387 e. The molecule has 1 N–H and O–H groups in total. The average Bonchev–Trinajstić information content (AvgIpc) is 2.58. The van der Waals surface area contributed by atoms with Crippen LogP contribution in [0.1, 0.15) is 12.5 Å². The van der Waals surface area contributed by atoms with Crippen LogP contribution in [-0.2, 0) is 9.63 Å². The summed E-state index contributed by atoms with van der Waals surface area (Å²) in [6, 6.07) is 13.2. The normalized spacial score (nSPS) is 12.2. The molecule has 25 heavy (non-hydrogen) atoms. The van der Waals surface area contributed by atoms with Crippen molar-refractivity contribution in [2.75, 3.05) is 5.32 Å². The van der Waals surface area contributed by atoms with Crippen molar-refractivity contribution >= 4 is 33.7 Å². The van der Waals surface area contributed by atoms with Gasteiger partial charge in [0.2, 0.25) is 6.10 Å². The van der Waals surface area contributed by atoms with Crippen molar-refractivity contribution in [1.82, 2.24) is 0 Å². The molecular weight excluding hydrogens is 398 g/mol. The van der Waals surface area contributed by atoms with Gasteiger partial charge in [-0.05, 0) is 43.3 Å². The van der Waals surface area contributed by atoms with E-state index in [1.165, 1.54) is 25.3 Å². The number of anilines is 1. The molecule has 0 saturated carbocycles. The van der Waals surface area contributed by atoms with Crippen molar-refractivity contribution in [2.45, 2.75) is 19.6 Å². The van der Waals surface area contributed by atoms with E-state index in [0.717, 1.165) is 4.47 Å². The Balaban J connectivity index is 1.92. The van der Waals surface area contributed by atoms with E-state index in [2.05, 4.69) is 31.1 Å². The minimum Gasteiger partial charge on any atom is -0.434 e. The third-order valence-corrected chi connectivity index (χ3v) is 3.56. The molecule has 0 aliphatic heterocycles. The van der Waals surface area contributed by atoms with E-state index in [0.29, 0.717) is 11.3 Å². The monoisotopic (exact) mass is 412 g/mol. The minimum atomic E-state index is -2.94. The molecular formula is C17H15BrF2N2O3. The molecule has 2 aromatic rings. The van der Waals surface area contributed by atoms with Crippen LogP contribution >= 0.6 is 15.9 Å². The first kappa shape index (κ1) is 18.9. The van der Waals surface area contributed by atoms with E-state index >= 15 is 0 Å². The molecule has 0 bridgehead atoms. The van der Waals surface area contributed by atoms with Gasteiger partial charge in [-0.1, -0.05) is 33.2 Å². The highest BCUT2D eigenvalue weighted by Gasteiger charge is 2.14. The molecule has 0 aliphatic rings. The van der Waals surface area contributed by atoms with Crippen molar-refractivity contribution in [3.8, 4) is 5.75 Å². The summed E-state index contributed by atoms with van der Waals surface area (Å²) in [4.78, 5) is 17.1. The third kappa shape index (κ3) is 6.15. The highest BCUT2D eigenvalue weighted by atomic mass is 79.9. The molecule has 0 radical (unpaired) electrons. The highest BCUT2D eigenvalue weighted by molar-refractivity contribution is 9.10. The number of nitrogens with one attached hydrogen (secondary N) is 1. The van der Waals surface area contributed by atoms with Gasteiger partial charge >= 0.3 is 6.61 Å². The van der Waals surface area contributed by atoms with Gasteiger partial charge in [0.25, 0.3) is 5.91 Å². The van der Waals surface area contributed by atoms with Crippen LogP contribution in [0.5, 0.6) is 5.75 Å². The van der Waals surface area contributed by atoms with Gasteiger partial charge in [0, 0.05) is 15.7 Å². The predicted molar refractivity (Wildman–Crippen MR) is 94.0 cm³/mol. The van der Waals surface area contributed by atoms with Crippen molar-refractivity contribution in [2.24, 2.45) is 5.16 Å². The Bertz CT molecular complexity index is 739. The Kier molecular flexibility index (Phi) is 6.88. The standard InChI is InChI=1S/C17H15BrF2N2O3/c1-11(16(23)22-14-8-6-13(18)7-9-14)25-21-10-12-4-2-3-5-15(12)24-17(19)20/h2-11,17H,1H3,(H,22,23)/b21-10+. The second-order valence-electron chi connectivity index (χ2n) is 4.89. The number of halogens is 3. The summed E-state index contributed by atoms with van der Waals surface area (Å²) in [5, 5.41) is 6.34. The molecule has 0 fully saturated rings. The Morgan fingerprint density at radius 1 is 1.20 bits per heavy atom. The maximum Gasteiger partial charge on any atom is 0.387 e. The number of oxime groups is 1. The van der Waals surface area contributed by atoms with Crippen LogP contribution in [0.25, 0.3) is 0 Å². The van der Waals surface area contributed by atoms with Gasteiger partial charge in [0.05, 0.1) is 6.21 Å². The zero-order valence-corrected chi connectivity index (χ0v) is 14.7. The van der Waals surface area contributed by atoms with Gasteiger partial charge in [0.1, 0.15) is 5.75 Å². The molecule has 1 amide bonds. The number of para-hydroxylation sites is 1. The van der Waals surface area contributed by atoms with Crippen molar-refractivity contribution in [3.05, 3.63) is 58.6 Å². The molecule has 2 aromatic carbocycles. The molecule has 0 aromatic heterocycles. The van der Waals surface area contributed by atoms with Crippen LogP contribution in [0, 0.1) is 0 Å². The van der Waals surface area contributed by atoms with Crippen LogP contribution in [-0.4, -0.2) is 24.8 Å². The molecule has 2 rings (SSSR count). The van der Waals surface area contributed by atoms with E-state index in [4.69, 9.17) is 4.84 Å². The fraction of sp³-hybridized carbons (Fsp3) is 0.176. The third-order valence-electron chi connectivity index (χ3n) is 3.03. The van der Waals surface area contributed by atoms with E-state index in [1.54, 1.807) is 36.4 Å². The number of ether oxygens (including phenoxy) is 1. The average molecular weight is 413 g/mol. The first-order chi connectivity index (χ1) is 12.0. The number of carbonyl (C=O) groups is 1. The van der Waals surface area contributed by atoms with Crippen LogP contribution in [0.3, 0.4) is 0 Å². The Hall–Kier alpha value is -2.48. The van der Waals surface area contributed by atoms with Gasteiger partial charge in [-0.25, -0.2) is 0 Å².